The molecular formula is C12H19N3. The number of aryl methyl sites for hydroxylation is 1. The van der Waals surface area contributed by atoms with Crippen molar-refractivity contribution < 1.29 is 0 Å². The highest BCUT2D eigenvalue weighted by Gasteiger charge is 2.27. The molecule has 1 aromatic heterocycles. The summed E-state index contributed by atoms with van der Waals surface area (Å²) < 4.78 is 0. The fourth-order valence-corrected chi connectivity index (χ4v) is 2.46. The van der Waals surface area contributed by atoms with Crippen LogP contribution < -0.4 is 5.32 Å². The third-order valence-electron chi connectivity index (χ3n) is 3.74. The van der Waals surface area contributed by atoms with Crippen molar-refractivity contribution in [2.24, 2.45) is 5.92 Å². The number of hydrogen-bond donors (Lipinski definition) is 2. The van der Waals surface area contributed by atoms with Crippen LogP contribution in [0.5, 0.6) is 0 Å². The molecule has 3 rings (SSSR count). The molecule has 1 aromatic rings. The van der Waals surface area contributed by atoms with Gasteiger partial charge in [-0.05, 0) is 38.0 Å². The van der Waals surface area contributed by atoms with Crippen LogP contribution in [-0.4, -0.2) is 16.2 Å². The van der Waals surface area contributed by atoms with E-state index in [4.69, 9.17) is 0 Å². The van der Waals surface area contributed by atoms with Crippen LogP contribution in [0.2, 0.25) is 0 Å². The highest BCUT2D eigenvalue weighted by atomic mass is 15.2. The van der Waals surface area contributed by atoms with Crippen LogP contribution >= 0.6 is 0 Å². The fourth-order valence-electron chi connectivity index (χ4n) is 2.46. The van der Waals surface area contributed by atoms with Crippen LogP contribution in [0.4, 0.5) is 5.82 Å². The molecule has 1 saturated carbocycles. The molecule has 1 unspecified atom stereocenters. The van der Waals surface area contributed by atoms with E-state index in [2.05, 4.69) is 22.4 Å². The Labute approximate surface area is 90.7 Å². The lowest BCUT2D eigenvalue weighted by molar-refractivity contribution is 0.443. The Hall–Kier alpha value is -0.990. The highest BCUT2D eigenvalue weighted by molar-refractivity contribution is 5.49. The number of fused-ring (bicyclic) bond motifs is 1. The van der Waals surface area contributed by atoms with Crippen molar-refractivity contribution in [2.45, 2.75) is 51.5 Å². The second-order valence-electron chi connectivity index (χ2n) is 4.97. The Bertz CT molecular complexity index is 352. The molecule has 2 N–H and O–H groups in total. The van der Waals surface area contributed by atoms with Gasteiger partial charge in [-0.3, -0.25) is 5.10 Å². The molecule has 15 heavy (non-hydrogen) atoms. The number of aromatic amines is 1. The molecule has 0 aromatic carbocycles. The van der Waals surface area contributed by atoms with E-state index in [-0.39, 0.29) is 0 Å². The summed E-state index contributed by atoms with van der Waals surface area (Å²) in [6.07, 6.45) is 7.67. The molecular weight excluding hydrogens is 186 g/mol. The van der Waals surface area contributed by atoms with Crippen LogP contribution in [0, 0.1) is 5.92 Å². The van der Waals surface area contributed by atoms with E-state index >= 15 is 0 Å². The van der Waals surface area contributed by atoms with Crippen molar-refractivity contribution in [1.29, 1.82) is 0 Å². The van der Waals surface area contributed by atoms with Gasteiger partial charge in [0.1, 0.15) is 0 Å². The quantitative estimate of drug-likeness (QED) is 0.796. The van der Waals surface area contributed by atoms with E-state index in [1.54, 1.807) is 0 Å². The van der Waals surface area contributed by atoms with Gasteiger partial charge < -0.3 is 5.32 Å². The summed E-state index contributed by atoms with van der Waals surface area (Å²) >= 11 is 0. The van der Waals surface area contributed by atoms with Crippen molar-refractivity contribution in [3.63, 3.8) is 0 Å². The van der Waals surface area contributed by atoms with Crippen molar-refractivity contribution >= 4 is 5.82 Å². The first-order valence-electron chi connectivity index (χ1n) is 6.19. The van der Waals surface area contributed by atoms with E-state index in [0.717, 1.165) is 11.7 Å². The monoisotopic (exact) mass is 205 g/mol. The minimum absolute atomic E-state index is 0.708. The standard InChI is InChI=1S/C12H19N3/c1-2-8-3-6-11-10(7-8)12(15-14-11)13-9-4-5-9/h8-9H,2-7H2,1H3,(H2,13,14,15). The molecule has 3 heteroatoms. The minimum Gasteiger partial charge on any atom is -0.366 e. The first-order valence-corrected chi connectivity index (χ1v) is 6.19. The van der Waals surface area contributed by atoms with Gasteiger partial charge >= 0.3 is 0 Å². The average Bonchev–Trinajstić information content (AvgIpc) is 3.00. The molecule has 1 heterocycles. The van der Waals surface area contributed by atoms with Crippen molar-refractivity contribution in [3.8, 4) is 0 Å². The summed E-state index contributed by atoms with van der Waals surface area (Å²) in [7, 11) is 0. The molecule has 0 aliphatic heterocycles. The average molecular weight is 205 g/mol. The largest absolute Gasteiger partial charge is 0.366 e. The van der Waals surface area contributed by atoms with Gasteiger partial charge in [-0.2, -0.15) is 5.10 Å². The molecule has 0 amide bonds. The lowest BCUT2D eigenvalue weighted by Gasteiger charge is -2.20. The maximum Gasteiger partial charge on any atom is 0.151 e. The molecule has 1 fully saturated rings. The summed E-state index contributed by atoms with van der Waals surface area (Å²) in [6.45, 7) is 2.30. The van der Waals surface area contributed by atoms with Gasteiger partial charge in [-0.25, -0.2) is 0 Å². The zero-order valence-corrected chi connectivity index (χ0v) is 9.34. The first kappa shape index (κ1) is 9.25. The van der Waals surface area contributed by atoms with Crippen molar-refractivity contribution in [1.82, 2.24) is 10.2 Å². The molecule has 0 radical (unpaired) electrons. The van der Waals surface area contributed by atoms with Gasteiger partial charge in [0, 0.05) is 17.3 Å². The highest BCUT2D eigenvalue weighted by Crippen LogP contribution is 2.33. The number of hydrogen-bond acceptors (Lipinski definition) is 2. The van der Waals surface area contributed by atoms with E-state index < -0.39 is 0 Å². The Morgan fingerprint density at radius 1 is 1.40 bits per heavy atom. The zero-order chi connectivity index (χ0) is 10.3. The second kappa shape index (κ2) is 3.54. The van der Waals surface area contributed by atoms with E-state index in [0.29, 0.717) is 6.04 Å². The smallest absolute Gasteiger partial charge is 0.151 e. The number of rotatable bonds is 3. The Balaban J connectivity index is 1.81. The van der Waals surface area contributed by atoms with Crippen molar-refractivity contribution in [3.05, 3.63) is 11.3 Å². The molecule has 3 nitrogen and oxygen atoms in total. The number of anilines is 1. The summed E-state index contributed by atoms with van der Waals surface area (Å²) in [5.41, 5.74) is 2.85. The third-order valence-corrected chi connectivity index (χ3v) is 3.74. The van der Waals surface area contributed by atoms with Crippen LogP contribution in [0.1, 0.15) is 43.9 Å². The van der Waals surface area contributed by atoms with Gasteiger partial charge in [0.2, 0.25) is 0 Å². The summed E-state index contributed by atoms with van der Waals surface area (Å²) in [6, 6.07) is 0.708. The molecule has 0 saturated heterocycles. The van der Waals surface area contributed by atoms with Gasteiger partial charge in [0.05, 0.1) is 0 Å². The number of nitrogens with zero attached hydrogens (tertiary/aromatic N) is 1. The molecule has 1 atom stereocenters. The maximum absolute atomic E-state index is 4.41. The second-order valence-corrected chi connectivity index (χ2v) is 4.97. The van der Waals surface area contributed by atoms with E-state index in [9.17, 15) is 0 Å². The lowest BCUT2D eigenvalue weighted by Crippen LogP contribution is -2.14. The lowest BCUT2D eigenvalue weighted by atomic mass is 9.86. The predicted octanol–water partition coefficient (Wildman–Crippen LogP) is 2.50. The predicted molar refractivity (Wildman–Crippen MR) is 61.0 cm³/mol. The van der Waals surface area contributed by atoms with E-state index in [1.807, 2.05) is 0 Å². The van der Waals surface area contributed by atoms with Gasteiger partial charge in [0.25, 0.3) is 0 Å². The number of H-pyrrole nitrogens is 1. The van der Waals surface area contributed by atoms with Gasteiger partial charge in [0.15, 0.2) is 5.82 Å². The summed E-state index contributed by atoms with van der Waals surface area (Å²) in [4.78, 5) is 0. The fraction of sp³-hybridized carbons (Fsp3) is 0.750. The molecule has 82 valence electrons. The van der Waals surface area contributed by atoms with Crippen LogP contribution in [0.15, 0.2) is 0 Å². The Kier molecular flexibility index (Phi) is 2.19. The summed E-state index contributed by atoms with van der Waals surface area (Å²) in [5, 5.41) is 11.1. The summed E-state index contributed by atoms with van der Waals surface area (Å²) in [5.74, 6) is 2.01. The number of aromatic nitrogens is 2. The zero-order valence-electron chi connectivity index (χ0n) is 9.34. The van der Waals surface area contributed by atoms with Crippen LogP contribution in [-0.2, 0) is 12.8 Å². The normalized spacial score (nSPS) is 25.0. The molecule has 0 spiro atoms. The maximum atomic E-state index is 4.41. The SMILES string of the molecule is CCC1CCc2[nH]nc(NC3CC3)c2C1. The molecule has 0 bridgehead atoms. The minimum atomic E-state index is 0.708. The Morgan fingerprint density at radius 2 is 2.27 bits per heavy atom. The first-order chi connectivity index (χ1) is 7.36. The Morgan fingerprint density at radius 3 is 3.00 bits per heavy atom. The van der Waals surface area contributed by atoms with Gasteiger partial charge in [-0.15, -0.1) is 0 Å². The van der Waals surface area contributed by atoms with E-state index in [1.165, 1.54) is 49.8 Å². The molecule has 2 aliphatic carbocycles. The number of nitrogens with one attached hydrogen (secondary N) is 2. The topological polar surface area (TPSA) is 40.7 Å². The van der Waals surface area contributed by atoms with Crippen molar-refractivity contribution in [2.75, 3.05) is 5.32 Å². The van der Waals surface area contributed by atoms with Crippen LogP contribution in [0.25, 0.3) is 0 Å². The van der Waals surface area contributed by atoms with Crippen LogP contribution in [0.3, 0.4) is 0 Å². The third kappa shape index (κ3) is 1.75. The molecule has 2 aliphatic rings. The van der Waals surface area contributed by atoms with Gasteiger partial charge in [-0.1, -0.05) is 13.3 Å².